The van der Waals surface area contributed by atoms with E-state index in [0.717, 1.165) is 18.7 Å². The molecule has 0 aliphatic carbocycles. The Balaban J connectivity index is 0.00000208. The fourth-order valence-corrected chi connectivity index (χ4v) is 3.47. The van der Waals surface area contributed by atoms with Crippen LogP contribution in [0.3, 0.4) is 0 Å². The summed E-state index contributed by atoms with van der Waals surface area (Å²) in [6, 6.07) is 17.4. The standard InChI is InChI=1S/C18H21N3O2.ClH/c19-10-16-12-20(13-17(16)14-6-2-1-3-7-14)11-15-8-4-5-9-18(15)21(22)23;/h1-9,16-17H,10-13,19H2;1H/t16-,17+;/m1./s1. The van der Waals surface area contributed by atoms with Crippen molar-refractivity contribution in [2.45, 2.75) is 12.5 Å². The fraction of sp³-hybridized carbons (Fsp3) is 0.333. The highest BCUT2D eigenvalue weighted by Crippen LogP contribution is 2.33. The molecule has 0 unspecified atom stereocenters. The largest absolute Gasteiger partial charge is 0.330 e. The molecule has 0 saturated carbocycles. The van der Waals surface area contributed by atoms with Crippen molar-refractivity contribution in [1.29, 1.82) is 0 Å². The lowest BCUT2D eigenvalue weighted by Crippen LogP contribution is -2.23. The van der Waals surface area contributed by atoms with E-state index in [0.29, 0.717) is 24.9 Å². The van der Waals surface area contributed by atoms with E-state index in [-0.39, 0.29) is 23.0 Å². The maximum Gasteiger partial charge on any atom is 0.273 e. The van der Waals surface area contributed by atoms with E-state index < -0.39 is 0 Å². The van der Waals surface area contributed by atoms with Crippen molar-refractivity contribution in [3.63, 3.8) is 0 Å². The number of halogens is 1. The summed E-state index contributed by atoms with van der Waals surface area (Å²) in [5.74, 6) is 0.782. The SMILES string of the molecule is Cl.NC[C@@H]1CN(Cc2ccccc2[N+](=O)[O-])C[C@H]1c1ccccc1. The number of nitrogens with zero attached hydrogens (tertiary/aromatic N) is 2. The number of likely N-dealkylation sites (tertiary alicyclic amines) is 1. The molecule has 0 aromatic heterocycles. The van der Waals surface area contributed by atoms with Crippen molar-refractivity contribution in [1.82, 2.24) is 4.90 Å². The number of nitrogens with two attached hydrogens (primary N) is 1. The molecule has 128 valence electrons. The second kappa shape index (κ2) is 8.24. The van der Waals surface area contributed by atoms with Crippen LogP contribution in [-0.2, 0) is 6.54 Å². The van der Waals surface area contributed by atoms with Gasteiger partial charge in [-0.1, -0.05) is 48.5 Å². The summed E-state index contributed by atoms with van der Waals surface area (Å²) in [4.78, 5) is 13.1. The number of para-hydroxylation sites is 1. The summed E-state index contributed by atoms with van der Waals surface area (Å²) < 4.78 is 0. The van der Waals surface area contributed by atoms with Crippen LogP contribution in [0, 0.1) is 16.0 Å². The number of hydrogen-bond acceptors (Lipinski definition) is 4. The van der Waals surface area contributed by atoms with Gasteiger partial charge in [0, 0.05) is 37.2 Å². The van der Waals surface area contributed by atoms with Crippen molar-refractivity contribution in [3.05, 3.63) is 75.8 Å². The molecule has 24 heavy (non-hydrogen) atoms. The van der Waals surface area contributed by atoms with Gasteiger partial charge in [0.2, 0.25) is 0 Å². The molecule has 2 aromatic carbocycles. The van der Waals surface area contributed by atoms with Crippen LogP contribution < -0.4 is 5.73 Å². The molecular weight excluding hydrogens is 326 g/mol. The number of rotatable bonds is 5. The van der Waals surface area contributed by atoms with Gasteiger partial charge >= 0.3 is 0 Å². The third-order valence-corrected chi connectivity index (χ3v) is 4.63. The van der Waals surface area contributed by atoms with Crippen molar-refractivity contribution in [2.75, 3.05) is 19.6 Å². The number of benzene rings is 2. The first-order chi connectivity index (χ1) is 11.2. The smallest absolute Gasteiger partial charge is 0.273 e. The Morgan fingerprint density at radius 3 is 2.42 bits per heavy atom. The van der Waals surface area contributed by atoms with Gasteiger partial charge in [0.25, 0.3) is 5.69 Å². The lowest BCUT2D eigenvalue weighted by atomic mass is 9.89. The second-order valence-electron chi connectivity index (χ2n) is 6.09. The predicted octanol–water partition coefficient (Wildman–Crippen LogP) is 3.19. The van der Waals surface area contributed by atoms with Crippen LogP contribution in [0.25, 0.3) is 0 Å². The Morgan fingerprint density at radius 1 is 1.08 bits per heavy atom. The third-order valence-electron chi connectivity index (χ3n) is 4.63. The maximum atomic E-state index is 11.2. The van der Waals surface area contributed by atoms with Crippen LogP contribution in [0.2, 0.25) is 0 Å². The molecule has 0 amide bonds. The van der Waals surface area contributed by atoms with Crippen molar-refractivity contribution < 1.29 is 4.92 Å². The molecule has 1 saturated heterocycles. The highest BCUT2D eigenvalue weighted by molar-refractivity contribution is 5.85. The summed E-state index contributed by atoms with van der Waals surface area (Å²) in [5.41, 5.74) is 8.22. The Labute approximate surface area is 148 Å². The fourth-order valence-electron chi connectivity index (χ4n) is 3.47. The van der Waals surface area contributed by atoms with E-state index in [1.54, 1.807) is 12.1 Å². The highest BCUT2D eigenvalue weighted by atomic mass is 35.5. The van der Waals surface area contributed by atoms with E-state index >= 15 is 0 Å². The van der Waals surface area contributed by atoms with Gasteiger partial charge in [-0.3, -0.25) is 15.0 Å². The van der Waals surface area contributed by atoms with Crippen LogP contribution in [0.5, 0.6) is 0 Å². The normalized spacial score (nSPS) is 20.5. The van der Waals surface area contributed by atoms with Gasteiger partial charge in [0.15, 0.2) is 0 Å². The third kappa shape index (κ3) is 3.93. The molecule has 3 rings (SSSR count). The lowest BCUT2D eigenvalue weighted by Gasteiger charge is -2.17. The molecule has 2 atom stereocenters. The van der Waals surface area contributed by atoms with Crippen LogP contribution in [0.4, 0.5) is 5.69 Å². The first kappa shape index (κ1) is 18.4. The Bertz CT molecular complexity index is 681. The van der Waals surface area contributed by atoms with E-state index in [2.05, 4.69) is 17.0 Å². The van der Waals surface area contributed by atoms with Crippen LogP contribution in [0.15, 0.2) is 54.6 Å². The molecule has 0 bridgehead atoms. The molecule has 2 aromatic rings. The van der Waals surface area contributed by atoms with Crippen LogP contribution in [0.1, 0.15) is 17.0 Å². The molecule has 0 spiro atoms. The van der Waals surface area contributed by atoms with Gasteiger partial charge in [0.05, 0.1) is 4.92 Å². The summed E-state index contributed by atoms with van der Waals surface area (Å²) >= 11 is 0. The average Bonchev–Trinajstić information content (AvgIpc) is 2.99. The monoisotopic (exact) mass is 347 g/mol. The lowest BCUT2D eigenvalue weighted by molar-refractivity contribution is -0.385. The van der Waals surface area contributed by atoms with Crippen molar-refractivity contribution >= 4 is 18.1 Å². The minimum absolute atomic E-state index is 0. The van der Waals surface area contributed by atoms with Crippen molar-refractivity contribution in [3.8, 4) is 0 Å². The molecule has 5 nitrogen and oxygen atoms in total. The summed E-state index contributed by atoms with van der Waals surface area (Å²) in [6.45, 7) is 2.99. The van der Waals surface area contributed by atoms with Gasteiger partial charge in [-0.2, -0.15) is 0 Å². The van der Waals surface area contributed by atoms with Gasteiger partial charge < -0.3 is 5.73 Å². The molecule has 2 N–H and O–H groups in total. The number of hydrogen-bond donors (Lipinski definition) is 1. The molecule has 1 aliphatic rings. The molecule has 0 radical (unpaired) electrons. The second-order valence-corrected chi connectivity index (χ2v) is 6.09. The van der Waals surface area contributed by atoms with Crippen molar-refractivity contribution in [2.24, 2.45) is 11.7 Å². The van der Waals surface area contributed by atoms with Crippen LogP contribution in [-0.4, -0.2) is 29.5 Å². The minimum atomic E-state index is -0.305. The van der Waals surface area contributed by atoms with Gasteiger partial charge in [-0.25, -0.2) is 0 Å². The van der Waals surface area contributed by atoms with Gasteiger partial charge in [-0.05, 0) is 18.0 Å². The summed E-state index contributed by atoms with van der Waals surface area (Å²) in [7, 11) is 0. The Morgan fingerprint density at radius 2 is 1.75 bits per heavy atom. The minimum Gasteiger partial charge on any atom is -0.330 e. The van der Waals surface area contributed by atoms with Gasteiger partial charge in [-0.15, -0.1) is 12.4 Å². The molecule has 6 heteroatoms. The molecule has 1 heterocycles. The zero-order valence-corrected chi connectivity index (χ0v) is 14.2. The molecule has 1 aliphatic heterocycles. The Hall–Kier alpha value is -1.95. The summed E-state index contributed by atoms with van der Waals surface area (Å²) in [5, 5.41) is 11.2. The molecule has 1 fully saturated rings. The summed E-state index contributed by atoms with van der Waals surface area (Å²) in [6.07, 6.45) is 0. The Kier molecular flexibility index (Phi) is 6.31. The van der Waals surface area contributed by atoms with Crippen LogP contribution >= 0.6 is 12.4 Å². The van der Waals surface area contributed by atoms with Gasteiger partial charge in [0.1, 0.15) is 0 Å². The topological polar surface area (TPSA) is 72.4 Å². The zero-order valence-electron chi connectivity index (χ0n) is 13.4. The number of nitro groups is 1. The zero-order chi connectivity index (χ0) is 16.2. The predicted molar refractivity (Wildman–Crippen MR) is 97.3 cm³/mol. The first-order valence-electron chi connectivity index (χ1n) is 7.88. The highest BCUT2D eigenvalue weighted by Gasteiger charge is 2.33. The van der Waals surface area contributed by atoms with E-state index in [4.69, 9.17) is 5.73 Å². The first-order valence-corrected chi connectivity index (χ1v) is 7.88. The molecular formula is C18H22ClN3O2. The number of nitro benzene ring substituents is 1. The average molecular weight is 348 g/mol. The maximum absolute atomic E-state index is 11.2. The van der Waals surface area contributed by atoms with E-state index in [9.17, 15) is 10.1 Å². The van der Waals surface area contributed by atoms with E-state index in [1.165, 1.54) is 5.56 Å². The van der Waals surface area contributed by atoms with E-state index in [1.807, 2.05) is 30.3 Å². The quantitative estimate of drug-likeness (QED) is 0.666.